The molecule has 1 aromatic carbocycles. The first-order chi connectivity index (χ1) is 9.54. The Morgan fingerprint density at radius 1 is 1.30 bits per heavy atom. The van der Waals surface area contributed by atoms with Crippen molar-refractivity contribution in [3.05, 3.63) is 29.8 Å². The number of nitrogens with zero attached hydrogens (tertiary/aromatic N) is 2. The highest BCUT2D eigenvalue weighted by molar-refractivity contribution is 5.96. The van der Waals surface area contributed by atoms with Crippen LogP contribution in [0, 0.1) is 23.2 Å². The summed E-state index contributed by atoms with van der Waals surface area (Å²) < 4.78 is 0. The van der Waals surface area contributed by atoms with Crippen molar-refractivity contribution >= 4 is 17.6 Å². The number of hydrogen-bond donors (Lipinski definition) is 1. The monoisotopic (exact) mass is 272 g/mol. The fourth-order valence-electron chi connectivity index (χ4n) is 2.68. The predicted molar refractivity (Wildman–Crippen MR) is 73.0 cm³/mol. The van der Waals surface area contributed by atoms with Gasteiger partial charge < -0.3 is 10.0 Å². The maximum atomic E-state index is 12.4. The van der Waals surface area contributed by atoms with Crippen LogP contribution in [0.5, 0.6) is 0 Å². The average Bonchev–Trinajstić information content (AvgIpc) is 2.95. The van der Waals surface area contributed by atoms with E-state index in [4.69, 9.17) is 10.4 Å². The molecular formula is C15H16N2O3. The van der Waals surface area contributed by atoms with Crippen molar-refractivity contribution in [1.29, 1.82) is 5.26 Å². The molecule has 5 nitrogen and oxygen atoms in total. The van der Waals surface area contributed by atoms with E-state index in [1.165, 1.54) is 4.90 Å². The molecule has 0 unspecified atom stereocenters. The van der Waals surface area contributed by atoms with Crippen LogP contribution in [0.4, 0.5) is 5.69 Å². The van der Waals surface area contributed by atoms with E-state index in [0.717, 1.165) is 0 Å². The predicted octanol–water partition coefficient (Wildman–Crippen LogP) is 2.02. The second kappa shape index (κ2) is 5.74. The van der Waals surface area contributed by atoms with Crippen molar-refractivity contribution in [1.82, 2.24) is 0 Å². The van der Waals surface area contributed by atoms with Gasteiger partial charge in [0.25, 0.3) is 0 Å². The van der Waals surface area contributed by atoms with Gasteiger partial charge in [-0.25, -0.2) is 0 Å². The molecule has 1 saturated carbocycles. The molecule has 0 heterocycles. The van der Waals surface area contributed by atoms with Gasteiger partial charge in [-0.15, -0.1) is 0 Å². The minimum absolute atomic E-state index is 0.114. The summed E-state index contributed by atoms with van der Waals surface area (Å²) >= 11 is 0. The van der Waals surface area contributed by atoms with Gasteiger partial charge in [0.05, 0.1) is 17.2 Å². The lowest BCUT2D eigenvalue weighted by atomic mass is 10.0. The minimum atomic E-state index is -0.833. The molecule has 1 N–H and O–H groups in total. The molecule has 1 fully saturated rings. The maximum absolute atomic E-state index is 12.4. The molecule has 1 aromatic rings. The smallest absolute Gasteiger partial charge is 0.306 e. The van der Waals surface area contributed by atoms with Gasteiger partial charge in [0.2, 0.25) is 5.91 Å². The highest BCUT2D eigenvalue weighted by Gasteiger charge is 2.35. The van der Waals surface area contributed by atoms with Gasteiger partial charge >= 0.3 is 5.97 Å². The lowest BCUT2D eigenvalue weighted by Crippen LogP contribution is -2.32. The van der Waals surface area contributed by atoms with Crippen LogP contribution in [0.1, 0.15) is 24.8 Å². The molecule has 0 aliphatic heterocycles. The Morgan fingerprint density at radius 3 is 2.55 bits per heavy atom. The highest BCUT2D eigenvalue weighted by atomic mass is 16.4. The topological polar surface area (TPSA) is 81.4 Å². The summed E-state index contributed by atoms with van der Waals surface area (Å²) in [5.74, 6) is -1.65. The molecule has 0 saturated heterocycles. The fraction of sp³-hybridized carbons (Fsp3) is 0.400. The molecular weight excluding hydrogens is 256 g/mol. The maximum Gasteiger partial charge on any atom is 0.306 e. The fourth-order valence-corrected chi connectivity index (χ4v) is 2.68. The minimum Gasteiger partial charge on any atom is -0.481 e. The molecule has 2 atom stereocenters. The van der Waals surface area contributed by atoms with E-state index in [1.54, 1.807) is 31.3 Å². The number of nitriles is 1. The third kappa shape index (κ3) is 2.64. The van der Waals surface area contributed by atoms with Crippen molar-refractivity contribution in [2.75, 3.05) is 11.9 Å². The van der Waals surface area contributed by atoms with Gasteiger partial charge in [0.1, 0.15) is 6.07 Å². The highest BCUT2D eigenvalue weighted by Crippen LogP contribution is 2.33. The summed E-state index contributed by atoms with van der Waals surface area (Å²) in [5.41, 5.74) is 1.01. The second-order valence-corrected chi connectivity index (χ2v) is 5.07. The normalized spacial score (nSPS) is 21.2. The summed E-state index contributed by atoms with van der Waals surface area (Å²) in [4.78, 5) is 24.8. The van der Waals surface area contributed by atoms with E-state index in [0.29, 0.717) is 30.5 Å². The molecule has 2 rings (SSSR count). The van der Waals surface area contributed by atoms with Crippen molar-refractivity contribution in [2.24, 2.45) is 11.8 Å². The number of carboxylic acids is 1. The Balaban J connectivity index is 2.14. The molecule has 0 aromatic heterocycles. The number of amides is 1. The summed E-state index contributed by atoms with van der Waals surface area (Å²) in [6, 6.07) is 8.96. The van der Waals surface area contributed by atoms with Crippen molar-refractivity contribution < 1.29 is 14.7 Å². The SMILES string of the molecule is CN(C(=O)[C@@H]1CC[C@H](C(=O)O)C1)c1ccccc1C#N. The number of carbonyl (C=O) groups is 2. The summed E-state index contributed by atoms with van der Waals surface area (Å²) in [5, 5.41) is 18.0. The first kappa shape index (κ1) is 14.1. The largest absolute Gasteiger partial charge is 0.481 e. The molecule has 0 spiro atoms. The Labute approximate surface area is 117 Å². The molecule has 104 valence electrons. The Kier molecular flexibility index (Phi) is 4.04. The van der Waals surface area contributed by atoms with Crippen molar-refractivity contribution in [3.63, 3.8) is 0 Å². The van der Waals surface area contributed by atoms with Crippen LogP contribution < -0.4 is 4.90 Å². The number of para-hydroxylation sites is 1. The van der Waals surface area contributed by atoms with Gasteiger partial charge in [0.15, 0.2) is 0 Å². The number of rotatable bonds is 3. The van der Waals surface area contributed by atoms with E-state index in [2.05, 4.69) is 6.07 Å². The third-order valence-corrected chi connectivity index (χ3v) is 3.85. The summed E-state index contributed by atoms with van der Waals surface area (Å²) in [6.07, 6.45) is 1.52. The van der Waals surface area contributed by atoms with E-state index >= 15 is 0 Å². The molecule has 0 radical (unpaired) electrons. The first-order valence-electron chi connectivity index (χ1n) is 6.54. The van der Waals surface area contributed by atoms with Gasteiger partial charge in [-0.3, -0.25) is 9.59 Å². The van der Waals surface area contributed by atoms with Crippen molar-refractivity contribution in [3.8, 4) is 6.07 Å². The van der Waals surface area contributed by atoms with Gasteiger partial charge in [-0.2, -0.15) is 5.26 Å². The molecule has 20 heavy (non-hydrogen) atoms. The number of hydrogen-bond acceptors (Lipinski definition) is 3. The van der Waals surface area contributed by atoms with Gasteiger partial charge in [-0.1, -0.05) is 12.1 Å². The number of aliphatic carboxylic acids is 1. The Bertz CT molecular complexity index is 577. The quantitative estimate of drug-likeness (QED) is 0.912. The van der Waals surface area contributed by atoms with Crippen LogP contribution in [0.15, 0.2) is 24.3 Å². The average molecular weight is 272 g/mol. The molecule has 1 amide bonds. The second-order valence-electron chi connectivity index (χ2n) is 5.07. The van der Waals surface area contributed by atoms with E-state index in [-0.39, 0.29) is 11.8 Å². The van der Waals surface area contributed by atoms with Crippen LogP contribution in [-0.2, 0) is 9.59 Å². The third-order valence-electron chi connectivity index (χ3n) is 3.85. The zero-order chi connectivity index (χ0) is 14.7. The van der Waals surface area contributed by atoms with E-state index in [1.807, 2.05) is 0 Å². The number of carboxylic acid groups (broad SMARTS) is 1. The standard InChI is InChI=1S/C15H16N2O3/c1-17(13-5-3-2-4-12(13)9-16)14(18)10-6-7-11(8-10)15(19)20/h2-5,10-11H,6-8H2,1H3,(H,19,20)/t10-,11+/m1/s1. The van der Waals surface area contributed by atoms with Gasteiger partial charge in [0, 0.05) is 13.0 Å². The van der Waals surface area contributed by atoms with Crippen molar-refractivity contribution in [2.45, 2.75) is 19.3 Å². The molecule has 0 bridgehead atoms. The lowest BCUT2D eigenvalue weighted by molar-refractivity contribution is -0.141. The van der Waals surface area contributed by atoms with Crippen LogP contribution >= 0.6 is 0 Å². The number of carbonyl (C=O) groups excluding carboxylic acids is 1. The van der Waals surface area contributed by atoms with E-state index in [9.17, 15) is 9.59 Å². The number of anilines is 1. The van der Waals surface area contributed by atoms with Gasteiger partial charge in [-0.05, 0) is 31.4 Å². The molecule has 5 heteroatoms. The van der Waals surface area contributed by atoms with E-state index < -0.39 is 11.9 Å². The van der Waals surface area contributed by atoms with Crippen LogP contribution in [0.3, 0.4) is 0 Å². The molecule has 1 aliphatic carbocycles. The van der Waals surface area contributed by atoms with Crippen LogP contribution in [-0.4, -0.2) is 24.0 Å². The first-order valence-corrected chi connectivity index (χ1v) is 6.54. The number of benzene rings is 1. The zero-order valence-corrected chi connectivity index (χ0v) is 11.2. The lowest BCUT2D eigenvalue weighted by Gasteiger charge is -2.22. The zero-order valence-electron chi connectivity index (χ0n) is 11.2. The summed E-state index contributed by atoms with van der Waals surface area (Å²) in [7, 11) is 1.63. The van der Waals surface area contributed by atoms with Crippen LogP contribution in [0.25, 0.3) is 0 Å². The Morgan fingerprint density at radius 2 is 1.95 bits per heavy atom. The molecule has 1 aliphatic rings. The van der Waals surface area contributed by atoms with Crippen LogP contribution in [0.2, 0.25) is 0 Å². The Hall–Kier alpha value is -2.35. The summed E-state index contributed by atoms with van der Waals surface area (Å²) in [6.45, 7) is 0.